The van der Waals surface area contributed by atoms with E-state index < -0.39 is 17.9 Å². The summed E-state index contributed by atoms with van der Waals surface area (Å²) in [7, 11) is 0. The SMILES string of the molecule is CC(N)CCCC(C)C(=O)N[C@@H](CCC(N)=O)C(=O)O. The van der Waals surface area contributed by atoms with Crippen molar-refractivity contribution in [2.24, 2.45) is 17.4 Å². The number of nitrogens with one attached hydrogen (secondary N) is 1. The van der Waals surface area contributed by atoms with Gasteiger partial charge in [0, 0.05) is 18.4 Å². The van der Waals surface area contributed by atoms with Crippen molar-refractivity contribution in [1.29, 1.82) is 0 Å². The van der Waals surface area contributed by atoms with E-state index in [0.717, 1.165) is 12.8 Å². The van der Waals surface area contributed by atoms with Crippen LogP contribution in [0.5, 0.6) is 0 Å². The Morgan fingerprint density at radius 2 is 1.75 bits per heavy atom. The molecule has 6 N–H and O–H groups in total. The lowest BCUT2D eigenvalue weighted by molar-refractivity contribution is -0.142. The minimum atomic E-state index is -1.16. The van der Waals surface area contributed by atoms with Crippen molar-refractivity contribution in [2.45, 2.75) is 58.0 Å². The quantitative estimate of drug-likeness (QED) is 0.447. The van der Waals surface area contributed by atoms with Crippen LogP contribution in [0.4, 0.5) is 0 Å². The maximum absolute atomic E-state index is 11.9. The maximum Gasteiger partial charge on any atom is 0.326 e. The van der Waals surface area contributed by atoms with Crippen LogP contribution in [-0.4, -0.2) is 35.0 Å². The van der Waals surface area contributed by atoms with Gasteiger partial charge in [-0.15, -0.1) is 0 Å². The van der Waals surface area contributed by atoms with Crippen molar-refractivity contribution >= 4 is 17.8 Å². The van der Waals surface area contributed by atoms with Crippen LogP contribution < -0.4 is 16.8 Å². The summed E-state index contributed by atoms with van der Waals surface area (Å²) >= 11 is 0. The summed E-state index contributed by atoms with van der Waals surface area (Å²) in [5.74, 6) is -2.37. The molecule has 0 aromatic rings. The average molecular weight is 287 g/mol. The van der Waals surface area contributed by atoms with E-state index >= 15 is 0 Å². The summed E-state index contributed by atoms with van der Waals surface area (Å²) in [6.07, 6.45) is 2.21. The van der Waals surface area contributed by atoms with Crippen LogP contribution in [0.2, 0.25) is 0 Å². The van der Waals surface area contributed by atoms with Gasteiger partial charge in [0.1, 0.15) is 6.04 Å². The average Bonchev–Trinajstić information content (AvgIpc) is 2.32. The number of carboxylic acid groups (broad SMARTS) is 1. The largest absolute Gasteiger partial charge is 0.480 e. The van der Waals surface area contributed by atoms with Crippen LogP contribution in [-0.2, 0) is 14.4 Å². The van der Waals surface area contributed by atoms with E-state index in [4.69, 9.17) is 16.6 Å². The third kappa shape index (κ3) is 8.47. The Balaban J connectivity index is 4.23. The molecule has 0 radical (unpaired) electrons. The first-order valence-electron chi connectivity index (χ1n) is 6.81. The Morgan fingerprint density at radius 1 is 1.15 bits per heavy atom. The fourth-order valence-corrected chi connectivity index (χ4v) is 1.74. The van der Waals surface area contributed by atoms with Crippen LogP contribution in [0.15, 0.2) is 0 Å². The molecular weight excluding hydrogens is 262 g/mol. The van der Waals surface area contributed by atoms with Gasteiger partial charge < -0.3 is 21.9 Å². The second-order valence-electron chi connectivity index (χ2n) is 5.21. The summed E-state index contributed by atoms with van der Waals surface area (Å²) < 4.78 is 0. The fourth-order valence-electron chi connectivity index (χ4n) is 1.74. The number of carbonyl (C=O) groups is 3. The predicted molar refractivity (Wildman–Crippen MR) is 74.7 cm³/mol. The van der Waals surface area contributed by atoms with E-state index in [0.29, 0.717) is 6.42 Å². The molecule has 0 aliphatic rings. The molecule has 0 aliphatic heterocycles. The van der Waals surface area contributed by atoms with Crippen molar-refractivity contribution in [3.63, 3.8) is 0 Å². The molecule has 0 rings (SSSR count). The van der Waals surface area contributed by atoms with Crippen molar-refractivity contribution in [1.82, 2.24) is 5.32 Å². The van der Waals surface area contributed by atoms with E-state index in [-0.39, 0.29) is 30.7 Å². The minimum absolute atomic E-state index is 0.00294. The number of carboxylic acids is 1. The first-order chi connectivity index (χ1) is 9.23. The smallest absolute Gasteiger partial charge is 0.326 e. The second-order valence-corrected chi connectivity index (χ2v) is 5.21. The van der Waals surface area contributed by atoms with Gasteiger partial charge in [0.2, 0.25) is 11.8 Å². The highest BCUT2D eigenvalue weighted by Gasteiger charge is 2.23. The first kappa shape index (κ1) is 18.4. The summed E-state index contributed by atoms with van der Waals surface area (Å²) in [6.45, 7) is 3.64. The molecule has 0 saturated carbocycles. The number of rotatable bonds is 10. The molecule has 0 spiro atoms. The Kier molecular flexibility index (Phi) is 8.54. The van der Waals surface area contributed by atoms with E-state index in [2.05, 4.69) is 5.32 Å². The molecule has 0 aromatic carbocycles. The molecule has 116 valence electrons. The summed E-state index contributed by atoms with van der Waals surface area (Å²) in [6, 6.07) is -0.988. The number of primary amides is 1. The molecule has 0 aliphatic carbocycles. The summed E-state index contributed by atoms with van der Waals surface area (Å²) in [5, 5.41) is 11.4. The second kappa shape index (κ2) is 9.30. The summed E-state index contributed by atoms with van der Waals surface area (Å²) in [5.41, 5.74) is 10.6. The normalized spacial score (nSPS) is 15.2. The van der Waals surface area contributed by atoms with Crippen LogP contribution in [0.3, 0.4) is 0 Å². The standard InChI is InChI=1S/C13H25N3O4/c1-8(4-3-5-9(2)14)12(18)16-10(13(19)20)6-7-11(15)17/h8-10H,3-7,14H2,1-2H3,(H2,15,17)(H,16,18)(H,19,20)/t8?,9?,10-/m0/s1. The van der Waals surface area contributed by atoms with Crippen molar-refractivity contribution < 1.29 is 19.5 Å². The molecule has 0 heterocycles. The van der Waals surface area contributed by atoms with Crippen LogP contribution in [0.25, 0.3) is 0 Å². The van der Waals surface area contributed by atoms with Gasteiger partial charge in [0.05, 0.1) is 0 Å². The van der Waals surface area contributed by atoms with E-state index in [1.807, 2.05) is 6.92 Å². The fraction of sp³-hybridized carbons (Fsp3) is 0.769. The van der Waals surface area contributed by atoms with E-state index in [9.17, 15) is 14.4 Å². The lowest BCUT2D eigenvalue weighted by Crippen LogP contribution is -2.43. The zero-order valence-electron chi connectivity index (χ0n) is 12.1. The Hall–Kier alpha value is -1.63. The highest BCUT2D eigenvalue weighted by molar-refractivity contribution is 5.85. The maximum atomic E-state index is 11.9. The van der Waals surface area contributed by atoms with Gasteiger partial charge in [0.15, 0.2) is 0 Å². The van der Waals surface area contributed by atoms with Gasteiger partial charge in [0.25, 0.3) is 0 Å². The number of hydrogen-bond acceptors (Lipinski definition) is 4. The molecule has 0 fully saturated rings. The van der Waals surface area contributed by atoms with Gasteiger partial charge >= 0.3 is 5.97 Å². The van der Waals surface area contributed by atoms with Crippen molar-refractivity contribution in [3.05, 3.63) is 0 Å². The Labute approximate surface area is 119 Å². The topological polar surface area (TPSA) is 136 Å². The van der Waals surface area contributed by atoms with Gasteiger partial charge in [-0.2, -0.15) is 0 Å². The molecule has 20 heavy (non-hydrogen) atoms. The molecule has 2 amide bonds. The summed E-state index contributed by atoms with van der Waals surface area (Å²) in [4.78, 5) is 33.5. The van der Waals surface area contributed by atoms with Crippen LogP contribution >= 0.6 is 0 Å². The molecule has 0 aromatic heterocycles. The number of nitrogens with two attached hydrogens (primary N) is 2. The van der Waals surface area contributed by atoms with E-state index in [1.54, 1.807) is 6.92 Å². The minimum Gasteiger partial charge on any atom is -0.480 e. The zero-order chi connectivity index (χ0) is 15.7. The Bertz CT molecular complexity index is 345. The first-order valence-corrected chi connectivity index (χ1v) is 6.81. The van der Waals surface area contributed by atoms with Crippen LogP contribution in [0, 0.1) is 5.92 Å². The molecule has 0 bridgehead atoms. The monoisotopic (exact) mass is 287 g/mol. The van der Waals surface area contributed by atoms with Gasteiger partial charge in [-0.25, -0.2) is 4.79 Å². The number of carbonyl (C=O) groups excluding carboxylic acids is 2. The number of aliphatic carboxylic acids is 1. The number of amides is 2. The molecular formula is C13H25N3O4. The van der Waals surface area contributed by atoms with E-state index in [1.165, 1.54) is 0 Å². The molecule has 0 saturated heterocycles. The third-order valence-corrected chi connectivity index (χ3v) is 3.04. The zero-order valence-corrected chi connectivity index (χ0v) is 12.1. The molecule has 7 heteroatoms. The lowest BCUT2D eigenvalue weighted by atomic mass is 10.0. The highest BCUT2D eigenvalue weighted by Crippen LogP contribution is 2.10. The molecule has 2 unspecified atom stereocenters. The number of hydrogen-bond donors (Lipinski definition) is 4. The predicted octanol–water partition coefficient (Wildman–Crippen LogP) is -0.0251. The van der Waals surface area contributed by atoms with Crippen molar-refractivity contribution in [2.75, 3.05) is 0 Å². The highest BCUT2D eigenvalue weighted by atomic mass is 16.4. The van der Waals surface area contributed by atoms with Gasteiger partial charge in [-0.05, 0) is 26.2 Å². The Morgan fingerprint density at radius 3 is 2.20 bits per heavy atom. The molecule has 7 nitrogen and oxygen atoms in total. The van der Waals surface area contributed by atoms with Gasteiger partial charge in [-0.3, -0.25) is 9.59 Å². The molecule has 3 atom stereocenters. The van der Waals surface area contributed by atoms with Gasteiger partial charge in [-0.1, -0.05) is 13.3 Å². The van der Waals surface area contributed by atoms with Crippen molar-refractivity contribution in [3.8, 4) is 0 Å². The lowest BCUT2D eigenvalue weighted by Gasteiger charge is -2.17. The van der Waals surface area contributed by atoms with Crippen LogP contribution in [0.1, 0.15) is 46.0 Å². The third-order valence-electron chi connectivity index (χ3n) is 3.04.